The number of hydrogen-bond donors (Lipinski definition) is 15. The summed E-state index contributed by atoms with van der Waals surface area (Å²) >= 11 is 0. The molecule has 4 aromatic carbocycles. The molecular weight excluding hydrogens is 1020 g/mol. The van der Waals surface area contributed by atoms with E-state index in [1.807, 2.05) is 9.80 Å². The van der Waals surface area contributed by atoms with Crippen LogP contribution >= 0.6 is 0 Å². The minimum atomic E-state index is -0.664. The molecule has 4 aromatic rings. The molecule has 2 aliphatic heterocycles. The molecule has 2 aliphatic rings. The first kappa shape index (κ1) is 59.9. The quantitative estimate of drug-likeness (QED) is 0.0962. The third kappa shape index (κ3) is 17.1. The number of para-hydroxylation sites is 4. The number of carbonyl (C=O) groups excluding carboxylic acids is 8. The highest BCUT2D eigenvalue weighted by Gasteiger charge is 2.26. The zero-order chi connectivity index (χ0) is 56.7. The highest BCUT2D eigenvalue weighted by atomic mass is 16.3. The summed E-state index contributed by atoms with van der Waals surface area (Å²) < 4.78 is 0. The van der Waals surface area contributed by atoms with Crippen LogP contribution in [0, 0.1) is 0 Å². The van der Waals surface area contributed by atoms with E-state index in [0.717, 1.165) is 0 Å². The molecule has 0 fully saturated rings. The van der Waals surface area contributed by atoms with E-state index < -0.39 is 70.3 Å². The Kier molecular flexibility index (Phi) is 23.2. The average molecular weight is 1090 g/mol. The van der Waals surface area contributed by atoms with Crippen LogP contribution in [0.1, 0.15) is 102 Å². The van der Waals surface area contributed by atoms with E-state index in [9.17, 15) is 58.8 Å². The zero-order valence-electron chi connectivity index (χ0n) is 43.9. The van der Waals surface area contributed by atoms with E-state index in [1.54, 1.807) is 0 Å². The molecule has 0 aliphatic carbocycles. The molecule has 25 nitrogen and oxygen atoms in total. The van der Waals surface area contributed by atoms with Crippen molar-refractivity contribution in [3.63, 3.8) is 0 Å². The van der Waals surface area contributed by atoms with Gasteiger partial charge in [-0.05, 0) is 67.9 Å². The minimum absolute atomic E-state index is 0.00378. The van der Waals surface area contributed by atoms with Crippen molar-refractivity contribution in [2.45, 2.75) is 25.3 Å². The third-order valence-electron chi connectivity index (χ3n) is 13.2. The van der Waals surface area contributed by atoms with Crippen molar-refractivity contribution in [3.8, 4) is 23.0 Å². The number of nitrogens with zero attached hydrogens (tertiary/aromatic N) is 2. The van der Waals surface area contributed by atoms with E-state index in [1.165, 1.54) is 72.8 Å². The molecule has 8 bridgehead atoms. The molecule has 0 saturated heterocycles. The van der Waals surface area contributed by atoms with E-state index in [0.29, 0.717) is 52.0 Å². The first-order valence-electron chi connectivity index (χ1n) is 26.3. The van der Waals surface area contributed by atoms with Gasteiger partial charge >= 0.3 is 0 Å². The van der Waals surface area contributed by atoms with Crippen molar-refractivity contribution >= 4 is 47.3 Å². The van der Waals surface area contributed by atoms with Gasteiger partial charge in [0.25, 0.3) is 47.3 Å². The maximum atomic E-state index is 13.7. The lowest BCUT2D eigenvalue weighted by molar-refractivity contribution is 0.0885. The SMILES string of the molecule is NCCCCC(CN1CCNC(=O)c2cccc(c2O)C(=O)NCCNCCNC(=O)c2cccc(c2O)C(=O)NCC1)N1CCNC(=O)c2cccc(c2O)C(=O)NCCNCCNC(=O)c2cccc(c2O)C(=O)NCC1. The number of nitrogens with two attached hydrogens (primary N) is 1. The first-order valence-corrected chi connectivity index (χ1v) is 26.3. The molecule has 0 aromatic heterocycles. The van der Waals surface area contributed by atoms with Crippen LogP contribution < -0.4 is 58.9 Å². The molecule has 16 N–H and O–H groups in total. The molecule has 424 valence electrons. The number of carbonyl (C=O) groups is 8. The number of fused-ring (bicyclic) bond motifs is 8. The molecular formula is C54H71N13O12. The van der Waals surface area contributed by atoms with Crippen LogP contribution in [0.4, 0.5) is 0 Å². The Morgan fingerprint density at radius 2 is 0.620 bits per heavy atom. The van der Waals surface area contributed by atoms with E-state index in [-0.39, 0.29) is 136 Å². The van der Waals surface area contributed by atoms with Crippen LogP contribution in [0.5, 0.6) is 23.0 Å². The van der Waals surface area contributed by atoms with Gasteiger partial charge in [-0.1, -0.05) is 30.7 Å². The Bertz CT molecular complexity index is 2640. The number of nitrogens with one attached hydrogen (secondary N) is 10. The molecule has 6 rings (SSSR count). The fourth-order valence-electron chi connectivity index (χ4n) is 8.97. The molecule has 2 heterocycles. The van der Waals surface area contributed by atoms with E-state index >= 15 is 0 Å². The maximum absolute atomic E-state index is 13.7. The number of hydrogen-bond acceptors (Lipinski definition) is 17. The third-order valence-corrected chi connectivity index (χ3v) is 13.2. The number of aromatic hydroxyl groups is 4. The van der Waals surface area contributed by atoms with E-state index in [4.69, 9.17) is 5.73 Å². The summed E-state index contributed by atoms with van der Waals surface area (Å²) in [5, 5.41) is 72.8. The summed E-state index contributed by atoms with van der Waals surface area (Å²) in [6, 6.07) is 16.6. The number of unbranched alkanes of at least 4 members (excludes halogenated alkanes) is 1. The highest BCUT2D eigenvalue weighted by Crippen LogP contribution is 2.26. The molecule has 1 unspecified atom stereocenters. The topological polar surface area (TPSA) is 370 Å². The Morgan fingerprint density at radius 3 is 0.886 bits per heavy atom. The van der Waals surface area contributed by atoms with E-state index in [2.05, 4.69) is 53.2 Å². The molecule has 0 saturated carbocycles. The Morgan fingerprint density at radius 1 is 0.367 bits per heavy atom. The van der Waals surface area contributed by atoms with Gasteiger partial charge in [0.05, 0.1) is 44.5 Å². The lowest BCUT2D eigenvalue weighted by atomic mass is 10.1. The maximum Gasteiger partial charge on any atom is 0.255 e. The zero-order valence-corrected chi connectivity index (χ0v) is 43.9. The Hall–Kier alpha value is -8.36. The largest absolute Gasteiger partial charge is 0.506 e. The van der Waals surface area contributed by atoms with Crippen LogP contribution in [0.15, 0.2) is 72.8 Å². The summed E-state index contributed by atoms with van der Waals surface area (Å²) in [5.41, 5.74) is 4.93. The van der Waals surface area contributed by atoms with Crippen molar-refractivity contribution in [3.05, 3.63) is 117 Å². The number of benzene rings is 4. The van der Waals surface area contributed by atoms with Gasteiger partial charge in [0.2, 0.25) is 0 Å². The Balaban J connectivity index is 1.30. The van der Waals surface area contributed by atoms with Crippen LogP contribution in [0.25, 0.3) is 0 Å². The van der Waals surface area contributed by atoms with Gasteiger partial charge in [-0.3, -0.25) is 48.2 Å². The first-order chi connectivity index (χ1) is 38.2. The highest BCUT2D eigenvalue weighted by molar-refractivity contribution is 6.06. The lowest BCUT2D eigenvalue weighted by Gasteiger charge is -2.36. The van der Waals surface area contributed by atoms with Crippen molar-refractivity contribution in [1.82, 2.24) is 63.0 Å². The van der Waals surface area contributed by atoms with Gasteiger partial charge in [0.15, 0.2) is 0 Å². The number of amides is 8. The lowest BCUT2D eigenvalue weighted by Crippen LogP contribution is -2.51. The van der Waals surface area contributed by atoms with Crippen molar-refractivity contribution in [2.75, 3.05) is 118 Å². The van der Waals surface area contributed by atoms with Crippen molar-refractivity contribution in [2.24, 2.45) is 5.73 Å². The number of phenols is 4. The molecule has 25 heteroatoms. The van der Waals surface area contributed by atoms with Crippen LogP contribution in [0.3, 0.4) is 0 Å². The van der Waals surface area contributed by atoms with Gasteiger partial charge in [0, 0.05) is 117 Å². The second-order valence-electron chi connectivity index (χ2n) is 18.6. The summed E-state index contributed by atoms with van der Waals surface area (Å²) in [4.78, 5) is 111. The molecule has 0 radical (unpaired) electrons. The molecule has 0 spiro atoms. The minimum Gasteiger partial charge on any atom is -0.506 e. The van der Waals surface area contributed by atoms with Crippen molar-refractivity contribution < 1.29 is 58.8 Å². The van der Waals surface area contributed by atoms with Crippen LogP contribution in [-0.2, 0) is 0 Å². The summed E-state index contributed by atoms with van der Waals surface area (Å²) in [6.07, 6.45) is 1.77. The normalized spacial score (nSPS) is 17.8. The molecule has 1 atom stereocenters. The second-order valence-corrected chi connectivity index (χ2v) is 18.6. The fraction of sp³-hybridized carbons (Fsp3) is 0.407. The monoisotopic (exact) mass is 1090 g/mol. The number of phenolic OH excluding ortho intramolecular Hbond substituents is 4. The van der Waals surface area contributed by atoms with Gasteiger partial charge in [-0.15, -0.1) is 0 Å². The number of rotatable bonds is 7. The fourth-order valence-corrected chi connectivity index (χ4v) is 8.97. The summed E-state index contributed by atoms with van der Waals surface area (Å²) in [5.74, 6) is -7.21. The second kappa shape index (κ2) is 30.5. The van der Waals surface area contributed by atoms with Crippen LogP contribution in [0.2, 0.25) is 0 Å². The van der Waals surface area contributed by atoms with Gasteiger partial charge in [0.1, 0.15) is 23.0 Å². The summed E-state index contributed by atoms with van der Waals surface area (Å²) in [7, 11) is 0. The standard InChI is InChI=1S/C54H71N13O12/c55-16-2-1-7-34(67-31-27-64-53(78)41-14-5-10-37(45(41)70)49(74)60-23-19-57-20-24-61-50(75)38-11-6-15-42(46(38)71)54(79)65-28-32-67)33-66-29-25-62-51(76)39-12-3-8-35(43(39)68)47(72)58-21-17-56-18-22-59-48(73)36-9-4-13-40(44(36)69)52(77)63-26-30-66/h3-6,8-15,34,56-57,68-71H,1-2,7,16-33,55H2,(H,58,72)(H,59,73)(H,60,74)(H,61,75)(H,62,76)(H,63,77)(H,64,78)(H,65,79). The van der Waals surface area contributed by atoms with Crippen LogP contribution in [-0.4, -0.2) is 201 Å². The van der Waals surface area contributed by atoms with Gasteiger partial charge < -0.3 is 79.3 Å². The average Bonchev–Trinajstić information content (AvgIpc) is 3.43. The summed E-state index contributed by atoms with van der Waals surface area (Å²) in [6.45, 7) is 3.03. The molecule has 8 amide bonds. The predicted molar refractivity (Wildman–Crippen MR) is 292 cm³/mol. The smallest absolute Gasteiger partial charge is 0.255 e. The van der Waals surface area contributed by atoms with Crippen molar-refractivity contribution in [1.29, 1.82) is 0 Å². The Labute approximate surface area is 456 Å². The van der Waals surface area contributed by atoms with Gasteiger partial charge in [-0.2, -0.15) is 0 Å². The molecule has 79 heavy (non-hydrogen) atoms. The van der Waals surface area contributed by atoms with Gasteiger partial charge in [-0.25, -0.2) is 0 Å². The predicted octanol–water partition coefficient (Wildman–Crippen LogP) is -1.24.